The maximum absolute atomic E-state index is 11.4. The van der Waals surface area contributed by atoms with Crippen LogP contribution in [0.4, 0.5) is 0 Å². The van der Waals surface area contributed by atoms with E-state index in [1.165, 1.54) is 25.7 Å². The van der Waals surface area contributed by atoms with Gasteiger partial charge in [0, 0.05) is 12.5 Å². The predicted octanol–water partition coefficient (Wildman–Crippen LogP) is 2.24. The van der Waals surface area contributed by atoms with Gasteiger partial charge in [0.1, 0.15) is 0 Å². The second kappa shape index (κ2) is 6.83. The van der Waals surface area contributed by atoms with Gasteiger partial charge < -0.3 is 10.5 Å². The molecule has 0 aromatic rings. The highest BCUT2D eigenvalue weighted by Gasteiger charge is 2.22. The summed E-state index contributed by atoms with van der Waals surface area (Å²) in [6, 6.07) is 0.190. The van der Waals surface area contributed by atoms with E-state index in [2.05, 4.69) is 0 Å². The molecule has 0 aliphatic heterocycles. The predicted molar refractivity (Wildman–Crippen MR) is 60.4 cm³/mol. The molecule has 2 atom stereocenters. The van der Waals surface area contributed by atoms with Crippen molar-refractivity contribution in [2.75, 3.05) is 6.61 Å². The first-order valence-electron chi connectivity index (χ1n) is 6.15. The van der Waals surface area contributed by atoms with Crippen LogP contribution in [0.3, 0.4) is 0 Å². The van der Waals surface area contributed by atoms with Crippen molar-refractivity contribution in [3.05, 3.63) is 0 Å². The number of rotatable bonds is 3. The Morgan fingerprint density at radius 2 is 1.93 bits per heavy atom. The van der Waals surface area contributed by atoms with E-state index in [0.29, 0.717) is 18.9 Å². The Morgan fingerprint density at radius 1 is 1.27 bits per heavy atom. The molecule has 2 N–H and O–H groups in total. The first kappa shape index (κ1) is 12.5. The van der Waals surface area contributed by atoms with Crippen LogP contribution in [0.5, 0.6) is 0 Å². The van der Waals surface area contributed by atoms with Gasteiger partial charge in [-0.1, -0.05) is 25.7 Å². The van der Waals surface area contributed by atoms with Crippen LogP contribution in [0, 0.1) is 5.92 Å². The molecular weight excluding hydrogens is 190 g/mol. The van der Waals surface area contributed by atoms with Crippen molar-refractivity contribution in [1.29, 1.82) is 0 Å². The van der Waals surface area contributed by atoms with Gasteiger partial charge in [-0.25, -0.2) is 0 Å². The van der Waals surface area contributed by atoms with Crippen LogP contribution in [0.2, 0.25) is 0 Å². The molecule has 15 heavy (non-hydrogen) atoms. The fraction of sp³-hybridized carbons (Fsp3) is 0.917. The van der Waals surface area contributed by atoms with E-state index in [-0.39, 0.29) is 12.0 Å². The highest BCUT2D eigenvalue weighted by atomic mass is 16.5. The highest BCUT2D eigenvalue weighted by molar-refractivity contribution is 5.69. The van der Waals surface area contributed by atoms with Crippen molar-refractivity contribution in [3.8, 4) is 0 Å². The van der Waals surface area contributed by atoms with Gasteiger partial charge in [0.25, 0.3) is 0 Å². The van der Waals surface area contributed by atoms with Gasteiger partial charge in [-0.05, 0) is 25.7 Å². The topological polar surface area (TPSA) is 52.3 Å². The summed E-state index contributed by atoms with van der Waals surface area (Å²) in [6.07, 6.45) is 7.64. The van der Waals surface area contributed by atoms with Crippen LogP contribution in [-0.2, 0) is 9.53 Å². The quantitative estimate of drug-likeness (QED) is 0.731. The standard InChI is InChI=1S/C12H23NO2/c1-2-15-12(14)9-10-7-5-3-4-6-8-11(10)13/h10-11H,2-9,13H2,1H3/t10-,11-/m0/s1. The molecule has 0 unspecified atom stereocenters. The maximum atomic E-state index is 11.4. The summed E-state index contributed by atoms with van der Waals surface area (Å²) >= 11 is 0. The summed E-state index contributed by atoms with van der Waals surface area (Å²) in [5.41, 5.74) is 6.09. The number of hydrogen-bond donors (Lipinski definition) is 1. The van der Waals surface area contributed by atoms with Crippen LogP contribution < -0.4 is 5.73 Å². The Balaban J connectivity index is 2.37. The van der Waals surface area contributed by atoms with Crippen LogP contribution in [0.1, 0.15) is 51.9 Å². The van der Waals surface area contributed by atoms with Gasteiger partial charge in [0.05, 0.1) is 6.61 Å². The maximum Gasteiger partial charge on any atom is 0.306 e. The molecule has 0 heterocycles. The summed E-state index contributed by atoms with van der Waals surface area (Å²) in [4.78, 5) is 11.4. The SMILES string of the molecule is CCOC(=O)C[C@@H]1CCCCCC[C@@H]1N. The van der Waals surface area contributed by atoms with E-state index in [4.69, 9.17) is 10.5 Å². The lowest BCUT2D eigenvalue weighted by Gasteiger charge is -2.25. The Morgan fingerprint density at radius 3 is 2.60 bits per heavy atom. The first-order valence-corrected chi connectivity index (χ1v) is 6.15. The second-order valence-electron chi connectivity index (χ2n) is 4.42. The summed E-state index contributed by atoms with van der Waals surface area (Å²) in [5.74, 6) is 0.253. The van der Waals surface area contributed by atoms with Crippen molar-refractivity contribution < 1.29 is 9.53 Å². The molecule has 1 rings (SSSR count). The van der Waals surface area contributed by atoms with Gasteiger partial charge in [0.2, 0.25) is 0 Å². The number of carbonyl (C=O) groups is 1. The zero-order valence-corrected chi connectivity index (χ0v) is 9.71. The normalized spacial score (nSPS) is 27.9. The fourth-order valence-electron chi connectivity index (χ4n) is 2.28. The van der Waals surface area contributed by atoms with E-state index in [0.717, 1.165) is 12.8 Å². The Bertz CT molecular complexity index is 194. The lowest BCUT2D eigenvalue weighted by atomic mass is 9.85. The van der Waals surface area contributed by atoms with E-state index in [9.17, 15) is 4.79 Å². The van der Waals surface area contributed by atoms with Crippen molar-refractivity contribution in [2.45, 2.75) is 57.9 Å². The van der Waals surface area contributed by atoms with Crippen molar-refractivity contribution in [2.24, 2.45) is 11.7 Å². The molecule has 1 aliphatic carbocycles. The molecule has 1 fully saturated rings. The number of ether oxygens (including phenoxy) is 1. The Labute approximate surface area is 92.4 Å². The first-order chi connectivity index (χ1) is 7.24. The molecule has 3 heteroatoms. The van der Waals surface area contributed by atoms with Crippen LogP contribution >= 0.6 is 0 Å². The minimum Gasteiger partial charge on any atom is -0.466 e. The monoisotopic (exact) mass is 213 g/mol. The van der Waals surface area contributed by atoms with Gasteiger partial charge in [0.15, 0.2) is 0 Å². The number of nitrogens with two attached hydrogens (primary N) is 1. The van der Waals surface area contributed by atoms with Crippen LogP contribution in [0.25, 0.3) is 0 Å². The lowest BCUT2D eigenvalue weighted by Crippen LogP contribution is -2.33. The van der Waals surface area contributed by atoms with Crippen molar-refractivity contribution >= 4 is 5.97 Å². The molecule has 0 saturated heterocycles. The van der Waals surface area contributed by atoms with Crippen LogP contribution in [0.15, 0.2) is 0 Å². The Hall–Kier alpha value is -0.570. The lowest BCUT2D eigenvalue weighted by molar-refractivity contribution is -0.144. The average molecular weight is 213 g/mol. The smallest absolute Gasteiger partial charge is 0.306 e. The van der Waals surface area contributed by atoms with Crippen LogP contribution in [-0.4, -0.2) is 18.6 Å². The van der Waals surface area contributed by atoms with Gasteiger partial charge in [-0.2, -0.15) is 0 Å². The molecule has 0 spiro atoms. The zero-order valence-electron chi connectivity index (χ0n) is 9.71. The Kier molecular flexibility index (Phi) is 5.69. The molecule has 0 bridgehead atoms. The van der Waals surface area contributed by atoms with E-state index < -0.39 is 0 Å². The summed E-state index contributed by atoms with van der Waals surface area (Å²) < 4.78 is 4.97. The van der Waals surface area contributed by atoms with Crippen molar-refractivity contribution in [3.63, 3.8) is 0 Å². The highest BCUT2D eigenvalue weighted by Crippen LogP contribution is 2.24. The zero-order chi connectivity index (χ0) is 11.1. The van der Waals surface area contributed by atoms with E-state index in [1.54, 1.807) is 0 Å². The number of hydrogen-bond acceptors (Lipinski definition) is 3. The third-order valence-corrected chi connectivity index (χ3v) is 3.20. The third kappa shape index (κ3) is 4.65. The van der Waals surface area contributed by atoms with E-state index in [1.807, 2.05) is 6.92 Å². The number of carbonyl (C=O) groups excluding carboxylic acids is 1. The summed E-state index contributed by atoms with van der Waals surface area (Å²) in [6.45, 7) is 2.32. The van der Waals surface area contributed by atoms with Gasteiger partial charge in [-0.15, -0.1) is 0 Å². The summed E-state index contributed by atoms with van der Waals surface area (Å²) in [5, 5.41) is 0. The van der Waals surface area contributed by atoms with Gasteiger partial charge >= 0.3 is 5.97 Å². The molecule has 0 amide bonds. The van der Waals surface area contributed by atoms with E-state index >= 15 is 0 Å². The molecule has 3 nitrogen and oxygen atoms in total. The molecule has 0 aromatic heterocycles. The molecular formula is C12H23NO2. The molecule has 88 valence electrons. The minimum atomic E-state index is -0.0847. The largest absolute Gasteiger partial charge is 0.466 e. The van der Waals surface area contributed by atoms with Crippen molar-refractivity contribution in [1.82, 2.24) is 0 Å². The minimum absolute atomic E-state index is 0.0847. The molecule has 1 saturated carbocycles. The second-order valence-corrected chi connectivity index (χ2v) is 4.42. The third-order valence-electron chi connectivity index (χ3n) is 3.20. The van der Waals surface area contributed by atoms with Gasteiger partial charge in [-0.3, -0.25) is 4.79 Å². The average Bonchev–Trinajstić information content (AvgIpc) is 2.18. The molecule has 0 aromatic carbocycles. The fourth-order valence-corrected chi connectivity index (χ4v) is 2.28. The summed E-state index contributed by atoms with van der Waals surface area (Å²) in [7, 11) is 0. The molecule has 1 aliphatic rings. The number of esters is 1. The molecule has 0 radical (unpaired) electrons.